The maximum Gasteiger partial charge on any atom is 0.294 e. The number of aliphatic hydroxyl groups excluding tert-OH is 1. The second-order valence-electron chi connectivity index (χ2n) is 7.19. The Labute approximate surface area is 175 Å². The predicted molar refractivity (Wildman–Crippen MR) is 118 cm³/mol. The summed E-state index contributed by atoms with van der Waals surface area (Å²) in [7, 11) is 0. The Morgan fingerprint density at radius 2 is 1.50 bits per heavy atom. The number of carbonyl (C=O) groups is 2. The van der Waals surface area contributed by atoms with E-state index in [1.807, 2.05) is 91.9 Å². The molecular formula is C26H21NO3. The van der Waals surface area contributed by atoms with Crippen molar-refractivity contribution >= 4 is 23.5 Å². The van der Waals surface area contributed by atoms with Gasteiger partial charge >= 0.3 is 0 Å². The molecule has 1 aliphatic heterocycles. The Morgan fingerprint density at radius 1 is 0.900 bits per heavy atom. The van der Waals surface area contributed by atoms with E-state index in [1.54, 1.807) is 6.08 Å². The lowest BCUT2D eigenvalue weighted by atomic mass is 9.95. The van der Waals surface area contributed by atoms with Crippen LogP contribution in [0.15, 0.2) is 102 Å². The molecule has 1 N–H and O–H groups in total. The second-order valence-corrected chi connectivity index (χ2v) is 7.19. The van der Waals surface area contributed by atoms with Crippen LogP contribution in [-0.4, -0.2) is 16.8 Å². The summed E-state index contributed by atoms with van der Waals surface area (Å²) in [6.45, 7) is 1.96. The van der Waals surface area contributed by atoms with Crippen LogP contribution in [0.4, 0.5) is 5.69 Å². The lowest BCUT2D eigenvalue weighted by molar-refractivity contribution is -0.117. The van der Waals surface area contributed by atoms with E-state index in [-0.39, 0.29) is 5.57 Å². The summed E-state index contributed by atoms with van der Waals surface area (Å²) >= 11 is 0. The molecule has 0 spiro atoms. The van der Waals surface area contributed by atoms with E-state index in [1.165, 1.54) is 11.0 Å². The lowest BCUT2D eigenvalue weighted by Crippen LogP contribution is -2.30. The second kappa shape index (κ2) is 8.21. The minimum absolute atomic E-state index is 0.0824. The van der Waals surface area contributed by atoms with E-state index in [0.29, 0.717) is 5.69 Å². The molecule has 4 heteroatoms. The highest BCUT2D eigenvalue weighted by molar-refractivity contribution is 6.19. The molecule has 0 bridgehead atoms. The van der Waals surface area contributed by atoms with Crippen LogP contribution in [0.3, 0.4) is 0 Å². The van der Waals surface area contributed by atoms with Gasteiger partial charge in [0.1, 0.15) is 0 Å². The average Bonchev–Trinajstić information content (AvgIpc) is 3.05. The van der Waals surface area contributed by atoms with Crippen LogP contribution in [0.5, 0.6) is 0 Å². The first-order valence-electron chi connectivity index (χ1n) is 9.72. The van der Waals surface area contributed by atoms with E-state index in [9.17, 15) is 14.7 Å². The number of carbonyl (C=O) groups excluding carboxylic acids is 2. The van der Waals surface area contributed by atoms with Crippen LogP contribution in [0.1, 0.15) is 22.7 Å². The fraction of sp³-hybridized carbons (Fsp3) is 0.0769. The smallest absolute Gasteiger partial charge is 0.294 e. The molecule has 4 rings (SSSR count). The van der Waals surface area contributed by atoms with Gasteiger partial charge in [-0.15, -0.1) is 0 Å². The van der Waals surface area contributed by atoms with E-state index < -0.39 is 23.5 Å². The fourth-order valence-corrected chi connectivity index (χ4v) is 3.61. The van der Waals surface area contributed by atoms with Crippen molar-refractivity contribution in [1.82, 2.24) is 0 Å². The van der Waals surface area contributed by atoms with Crippen molar-refractivity contribution in [3.63, 3.8) is 0 Å². The molecule has 1 aliphatic rings. The third-order valence-corrected chi connectivity index (χ3v) is 5.13. The first-order chi connectivity index (χ1) is 14.6. The van der Waals surface area contributed by atoms with Gasteiger partial charge in [-0.1, -0.05) is 84.4 Å². The number of allylic oxidation sites excluding steroid dienone is 1. The van der Waals surface area contributed by atoms with Crippen molar-refractivity contribution in [3.8, 4) is 0 Å². The average molecular weight is 395 g/mol. The highest BCUT2D eigenvalue weighted by Gasteiger charge is 2.43. The maximum atomic E-state index is 13.1. The zero-order valence-corrected chi connectivity index (χ0v) is 16.5. The van der Waals surface area contributed by atoms with Gasteiger partial charge in [0.25, 0.3) is 5.91 Å². The van der Waals surface area contributed by atoms with Gasteiger partial charge in [0.05, 0.1) is 11.6 Å². The number of rotatable bonds is 5. The minimum Gasteiger partial charge on any atom is -0.503 e. The molecule has 0 unspecified atom stereocenters. The summed E-state index contributed by atoms with van der Waals surface area (Å²) in [5, 5.41) is 10.7. The summed E-state index contributed by atoms with van der Waals surface area (Å²) in [5.74, 6) is -1.48. The van der Waals surface area contributed by atoms with Crippen LogP contribution in [0.2, 0.25) is 0 Å². The molecule has 0 aliphatic carbocycles. The third kappa shape index (κ3) is 3.67. The third-order valence-electron chi connectivity index (χ3n) is 5.13. The SMILES string of the molecule is Cc1ccc(N2C(=O)C(O)=C(C(=O)/C=C/c3ccccc3)[C@@H]2c2ccccc2)cc1. The van der Waals surface area contributed by atoms with E-state index >= 15 is 0 Å². The molecular weight excluding hydrogens is 374 g/mol. The number of benzene rings is 3. The van der Waals surface area contributed by atoms with Crippen LogP contribution in [0, 0.1) is 6.92 Å². The van der Waals surface area contributed by atoms with Crippen molar-refractivity contribution < 1.29 is 14.7 Å². The zero-order chi connectivity index (χ0) is 21.1. The number of aliphatic hydroxyl groups is 1. The Hall–Kier alpha value is -3.92. The number of hydrogen-bond donors (Lipinski definition) is 1. The predicted octanol–water partition coefficient (Wildman–Crippen LogP) is 5.18. The normalized spacial score (nSPS) is 16.5. The van der Waals surface area contributed by atoms with E-state index in [4.69, 9.17) is 0 Å². The molecule has 0 saturated carbocycles. The minimum atomic E-state index is -0.700. The summed E-state index contributed by atoms with van der Waals surface area (Å²) in [5.41, 5.74) is 3.38. The maximum absolute atomic E-state index is 13.1. The van der Waals surface area contributed by atoms with Crippen molar-refractivity contribution in [1.29, 1.82) is 0 Å². The van der Waals surface area contributed by atoms with Gasteiger partial charge in [0.15, 0.2) is 11.5 Å². The number of amides is 1. The van der Waals surface area contributed by atoms with Crippen molar-refractivity contribution in [2.75, 3.05) is 4.90 Å². The van der Waals surface area contributed by atoms with E-state index in [2.05, 4.69) is 0 Å². The highest BCUT2D eigenvalue weighted by Crippen LogP contribution is 2.41. The highest BCUT2D eigenvalue weighted by atomic mass is 16.3. The van der Waals surface area contributed by atoms with Gasteiger partial charge in [-0.05, 0) is 36.3 Å². The Morgan fingerprint density at radius 3 is 2.13 bits per heavy atom. The monoisotopic (exact) mass is 395 g/mol. The molecule has 148 valence electrons. The van der Waals surface area contributed by atoms with Gasteiger partial charge in [-0.3, -0.25) is 14.5 Å². The lowest BCUT2D eigenvalue weighted by Gasteiger charge is -2.26. The number of aryl methyl sites for hydroxylation is 1. The Kier molecular flexibility index (Phi) is 5.31. The molecule has 3 aromatic carbocycles. The van der Waals surface area contributed by atoms with Gasteiger partial charge in [-0.25, -0.2) is 0 Å². The quantitative estimate of drug-likeness (QED) is 0.606. The molecule has 1 atom stereocenters. The van der Waals surface area contributed by atoms with Crippen LogP contribution in [-0.2, 0) is 9.59 Å². The number of anilines is 1. The summed E-state index contributed by atoms with van der Waals surface area (Å²) in [4.78, 5) is 27.6. The first-order valence-corrected chi connectivity index (χ1v) is 9.72. The standard InChI is InChI=1S/C26H21NO3/c1-18-12-15-21(16-13-18)27-24(20-10-6-3-7-11-20)23(25(29)26(27)30)22(28)17-14-19-8-4-2-5-9-19/h2-17,24,29H,1H3/b17-14+/t24-/m0/s1. The number of hydrogen-bond acceptors (Lipinski definition) is 3. The zero-order valence-electron chi connectivity index (χ0n) is 16.5. The molecule has 3 aromatic rings. The topological polar surface area (TPSA) is 57.6 Å². The summed E-state index contributed by atoms with van der Waals surface area (Å²) in [6.07, 6.45) is 3.09. The molecule has 4 nitrogen and oxygen atoms in total. The Bertz CT molecular complexity index is 1130. The molecule has 0 aromatic heterocycles. The van der Waals surface area contributed by atoms with Gasteiger partial charge in [0.2, 0.25) is 0 Å². The van der Waals surface area contributed by atoms with Gasteiger partial charge in [0, 0.05) is 5.69 Å². The summed E-state index contributed by atoms with van der Waals surface area (Å²) in [6, 6.07) is 25.4. The molecule has 30 heavy (non-hydrogen) atoms. The fourth-order valence-electron chi connectivity index (χ4n) is 3.61. The summed E-state index contributed by atoms with van der Waals surface area (Å²) < 4.78 is 0. The van der Waals surface area contributed by atoms with E-state index in [0.717, 1.165) is 16.7 Å². The number of nitrogens with zero attached hydrogens (tertiary/aromatic N) is 1. The molecule has 0 radical (unpaired) electrons. The first kappa shape index (κ1) is 19.4. The van der Waals surface area contributed by atoms with Crippen LogP contribution >= 0.6 is 0 Å². The molecule has 1 amide bonds. The van der Waals surface area contributed by atoms with Gasteiger partial charge in [-0.2, -0.15) is 0 Å². The van der Waals surface area contributed by atoms with Crippen molar-refractivity contribution in [3.05, 3.63) is 119 Å². The number of ketones is 1. The Balaban J connectivity index is 1.77. The molecule has 0 fully saturated rings. The van der Waals surface area contributed by atoms with Crippen molar-refractivity contribution in [2.45, 2.75) is 13.0 Å². The van der Waals surface area contributed by atoms with Gasteiger partial charge < -0.3 is 5.11 Å². The van der Waals surface area contributed by atoms with Crippen LogP contribution in [0.25, 0.3) is 6.08 Å². The largest absolute Gasteiger partial charge is 0.503 e. The van der Waals surface area contributed by atoms with Crippen molar-refractivity contribution in [2.24, 2.45) is 0 Å². The van der Waals surface area contributed by atoms with Crippen LogP contribution < -0.4 is 4.90 Å². The molecule has 0 saturated heterocycles. The molecule has 1 heterocycles.